The minimum atomic E-state index is 0.00551. The first-order valence-electron chi connectivity index (χ1n) is 3.07. The number of hydrogen-bond acceptors (Lipinski definition) is 2. The van der Waals surface area contributed by atoms with Crippen molar-refractivity contribution in [2.24, 2.45) is 0 Å². The molecule has 0 unspecified atom stereocenters. The maximum Gasteiger partial charge on any atom is 0.0688 e. The van der Waals surface area contributed by atoms with E-state index >= 15 is 0 Å². The SMILES string of the molecule is N=Cc1ccccc1CO. The Labute approximate surface area is 59.6 Å². The predicted octanol–water partition coefficient (Wildman–Crippen LogP) is 1.18. The van der Waals surface area contributed by atoms with Crippen molar-refractivity contribution in [2.75, 3.05) is 0 Å². The molecule has 2 nitrogen and oxygen atoms in total. The van der Waals surface area contributed by atoms with Crippen LogP contribution in [0.5, 0.6) is 0 Å². The number of aliphatic hydroxyl groups excluding tert-OH is 1. The topological polar surface area (TPSA) is 44.1 Å². The maximum atomic E-state index is 8.75. The Kier molecular flexibility index (Phi) is 2.18. The monoisotopic (exact) mass is 135 g/mol. The smallest absolute Gasteiger partial charge is 0.0688 e. The lowest BCUT2D eigenvalue weighted by molar-refractivity contribution is 0.281. The summed E-state index contributed by atoms with van der Waals surface area (Å²) < 4.78 is 0. The zero-order chi connectivity index (χ0) is 7.40. The van der Waals surface area contributed by atoms with E-state index in [1.165, 1.54) is 6.21 Å². The van der Waals surface area contributed by atoms with Gasteiger partial charge in [-0.2, -0.15) is 0 Å². The number of benzene rings is 1. The molecular weight excluding hydrogens is 126 g/mol. The van der Waals surface area contributed by atoms with E-state index in [-0.39, 0.29) is 6.61 Å². The molecule has 1 rings (SSSR count). The first-order chi connectivity index (χ1) is 4.88. The molecule has 10 heavy (non-hydrogen) atoms. The molecular formula is C8H9NO. The van der Waals surface area contributed by atoms with Crippen molar-refractivity contribution in [1.29, 1.82) is 5.41 Å². The molecule has 0 heterocycles. The standard InChI is InChI=1S/C8H9NO/c9-5-7-3-1-2-4-8(7)6-10/h1-5,9-10H,6H2. The van der Waals surface area contributed by atoms with E-state index < -0.39 is 0 Å². The van der Waals surface area contributed by atoms with Crippen LogP contribution in [0.3, 0.4) is 0 Å². The fraction of sp³-hybridized carbons (Fsp3) is 0.125. The molecule has 0 saturated heterocycles. The summed E-state index contributed by atoms with van der Waals surface area (Å²) in [6, 6.07) is 7.30. The van der Waals surface area contributed by atoms with Crippen LogP contribution in [0, 0.1) is 5.41 Å². The summed E-state index contributed by atoms with van der Waals surface area (Å²) in [6.45, 7) is 0.00551. The zero-order valence-corrected chi connectivity index (χ0v) is 5.54. The lowest BCUT2D eigenvalue weighted by atomic mass is 10.1. The molecule has 0 aliphatic carbocycles. The van der Waals surface area contributed by atoms with E-state index in [0.717, 1.165) is 11.1 Å². The van der Waals surface area contributed by atoms with Crippen molar-refractivity contribution in [1.82, 2.24) is 0 Å². The summed E-state index contributed by atoms with van der Waals surface area (Å²) in [6.07, 6.45) is 1.24. The molecule has 0 radical (unpaired) electrons. The summed E-state index contributed by atoms with van der Waals surface area (Å²) in [5.41, 5.74) is 1.59. The van der Waals surface area contributed by atoms with Gasteiger partial charge in [-0.15, -0.1) is 0 Å². The Balaban J connectivity index is 3.08. The van der Waals surface area contributed by atoms with E-state index in [0.29, 0.717) is 0 Å². The van der Waals surface area contributed by atoms with E-state index in [4.69, 9.17) is 10.5 Å². The molecule has 0 bridgehead atoms. The minimum absolute atomic E-state index is 0.00551. The molecule has 2 heteroatoms. The third-order valence-corrected chi connectivity index (χ3v) is 1.38. The first kappa shape index (κ1) is 6.96. The number of aliphatic hydroxyl groups is 1. The molecule has 0 fully saturated rings. The van der Waals surface area contributed by atoms with Crippen LogP contribution in [0.15, 0.2) is 24.3 Å². The molecule has 0 amide bonds. The molecule has 0 spiro atoms. The average molecular weight is 135 g/mol. The number of hydrogen-bond donors (Lipinski definition) is 2. The highest BCUT2D eigenvalue weighted by Gasteiger charge is 1.93. The largest absolute Gasteiger partial charge is 0.392 e. The van der Waals surface area contributed by atoms with Gasteiger partial charge in [0.05, 0.1) is 6.61 Å². The summed E-state index contributed by atoms with van der Waals surface area (Å²) in [5, 5.41) is 15.7. The fourth-order valence-electron chi connectivity index (χ4n) is 0.819. The molecule has 0 aliphatic rings. The highest BCUT2D eigenvalue weighted by Crippen LogP contribution is 2.04. The van der Waals surface area contributed by atoms with Gasteiger partial charge in [-0.25, -0.2) is 0 Å². The second-order valence-corrected chi connectivity index (χ2v) is 2.00. The van der Waals surface area contributed by atoms with Gasteiger partial charge in [-0.3, -0.25) is 0 Å². The molecule has 0 saturated carbocycles. The normalized spacial score (nSPS) is 9.30. The molecule has 1 aromatic rings. The van der Waals surface area contributed by atoms with Crippen molar-refractivity contribution in [3.8, 4) is 0 Å². The third kappa shape index (κ3) is 1.22. The van der Waals surface area contributed by atoms with Crippen LogP contribution in [-0.4, -0.2) is 11.3 Å². The number of nitrogens with one attached hydrogen (secondary N) is 1. The quantitative estimate of drug-likeness (QED) is 0.587. The lowest BCUT2D eigenvalue weighted by Crippen LogP contribution is -1.90. The van der Waals surface area contributed by atoms with Crippen molar-refractivity contribution < 1.29 is 5.11 Å². The van der Waals surface area contributed by atoms with Crippen LogP contribution >= 0.6 is 0 Å². The van der Waals surface area contributed by atoms with Gasteiger partial charge in [0.15, 0.2) is 0 Å². The molecule has 0 aromatic heterocycles. The first-order valence-corrected chi connectivity index (χ1v) is 3.07. The summed E-state index contributed by atoms with van der Waals surface area (Å²) in [4.78, 5) is 0. The van der Waals surface area contributed by atoms with Gasteiger partial charge in [0, 0.05) is 6.21 Å². The van der Waals surface area contributed by atoms with Gasteiger partial charge in [0.25, 0.3) is 0 Å². The highest BCUT2D eigenvalue weighted by molar-refractivity contribution is 5.78. The fourth-order valence-corrected chi connectivity index (χ4v) is 0.819. The summed E-state index contributed by atoms with van der Waals surface area (Å²) in [7, 11) is 0. The molecule has 2 N–H and O–H groups in total. The third-order valence-electron chi connectivity index (χ3n) is 1.38. The van der Waals surface area contributed by atoms with Crippen LogP contribution in [0.2, 0.25) is 0 Å². The zero-order valence-electron chi connectivity index (χ0n) is 5.54. The van der Waals surface area contributed by atoms with E-state index in [9.17, 15) is 0 Å². The Bertz CT molecular complexity index is 232. The Morgan fingerprint density at radius 2 is 2.10 bits per heavy atom. The van der Waals surface area contributed by atoms with Crippen LogP contribution in [0.25, 0.3) is 0 Å². The van der Waals surface area contributed by atoms with Gasteiger partial charge in [-0.1, -0.05) is 24.3 Å². The molecule has 0 aliphatic heterocycles. The van der Waals surface area contributed by atoms with Gasteiger partial charge in [0.1, 0.15) is 0 Å². The van der Waals surface area contributed by atoms with E-state index in [1.807, 2.05) is 12.1 Å². The van der Waals surface area contributed by atoms with Gasteiger partial charge < -0.3 is 10.5 Å². The summed E-state index contributed by atoms with van der Waals surface area (Å²) in [5.74, 6) is 0. The van der Waals surface area contributed by atoms with Gasteiger partial charge in [-0.05, 0) is 11.1 Å². The van der Waals surface area contributed by atoms with E-state index in [1.54, 1.807) is 12.1 Å². The van der Waals surface area contributed by atoms with Crippen LogP contribution in [0.4, 0.5) is 0 Å². The van der Waals surface area contributed by atoms with Crippen LogP contribution in [0.1, 0.15) is 11.1 Å². The maximum absolute atomic E-state index is 8.75. The van der Waals surface area contributed by atoms with Crippen molar-refractivity contribution in [2.45, 2.75) is 6.61 Å². The molecule has 52 valence electrons. The molecule has 0 atom stereocenters. The Hall–Kier alpha value is -1.15. The van der Waals surface area contributed by atoms with Crippen LogP contribution < -0.4 is 0 Å². The minimum Gasteiger partial charge on any atom is -0.392 e. The van der Waals surface area contributed by atoms with Gasteiger partial charge in [0.2, 0.25) is 0 Å². The average Bonchev–Trinajstić information content (AvgIpc) is 2.04. The van der Waals surface area contributed by atoms with Crippen LogP contribution in [-0.2, 0) is 6.61 Å². The highest BCUT2D eigenvalue weighted by atomic mass is 16.3. The van der Waals surface area contributed by atoms with Crippen molar-refractivity contribution in [3.05, 3.63) is 35.4 Å². The second-order valence-electron chi connectivity index (χ2n) is 2.00. The predicted molar refractivity (Wildman–Crippen MR) is 40.3 cm³/mol. The second kappa shape index (κ2) is 3.13. The van der Waals surface area contributed by atoms with Gasteiger partial charge >= 0.3 is 0 Å². The van der Waals surface area contributed by atoms with E-state index in [2.05, 4.69) is 0 Å². The lowest BCUT2D eigenvalue weighted by Gasteiger charge is -1.98. The molecule has 1 aromatic carbocycles. The number of rotatable bonds is 2. The van der Waals surface area contributed by atoms with Crippen molar-refractivity contribution >= 4 is 6.21 Å². The Morgan fingerprint density at radius 3 is 2.60 bits per heavy atom. The Morgan fingerprint density at radius 1 is 1.40 bits per heavy atom. The summed E-state index contributed by atoms with van der Waals surface area (Å²) >= 11 is 0. The van der Waals surface area contributed by atoms with Crippen molar-refractivity contribution in [3.63, 3.8) is 0 Å².